The molecular weight excluding hydrogens is 200 g/mol. The first-order chi connectivity index (χ1) is 7.06. The molecule has 1 aliphatic rings. The van der Waals surface area contributed by atoms with E-state index in [4.69, 9.17) is 15.5 Å². The first-order valence-electron chi connectivity index (χ1n) is 4.38. The zero-order valence-corrected chi connectivity index (χ0v) is 7.80. The molecule has 0 unspecified atom stereocenters. The van der Waals surface area contributed by atoms with E-state index >= 15 is 0 Å². The predicted molar refractivity (Wildman–Crippen MR) is 48.6 cm³/mol. The van der Waals surface area contributed by atoms with E-state index in [1.807, 2.05) is 6.07 Å². The average Bonchev–Trinajstić information content (AvgIpc) is 2.94. The number of carbonyl (C=O) groups is 2. The van der Waals surface area contributed by atoms with Gasteiger partial charge < -0.3 is 15.5 Å². The minimum atomic E-state index is -1.70. The molecule has 0 aromatic heterocycles. The van der Waals surface area contributed by atoms with Gasteiger partial charge in [-0.05, 0) is 18.8 Å². The SMILES string of the molecule is N#CC(=CNC(C(=O)O)C(=O)O)C1CC1. The second kappa shape index (κ2) is 4.46. The molecule has 0 aromatic rings. The quantitative estimate of drug-likeness (QED) is 0.432. The summed E-state index contributed by atoms with van der Waals surface area (Å²) in [4.78, 5) is 20.9. The molecule has 0 bridgehead atoms. The molecule has 3 N–H and O–H groups in total. The fraction of sp³-hybridized carbons (Fsp3) is 0.444. The van der Waals surface area contributed by atoms with E-state index in [0.717, 1.165) is 12.8 Å². The lowest BCUT2D eigenvalue weighted by Crippen LogP contribution is -2.40. The van der Waals surface area contributed by atoms with Crippen LogP contribution in [0.1, 0.15) is 12.8 Å². The van der Waals surface area contributed by atoms with Crippen molar-refractivity contribution in [1.82, 2.24) is 5.32 Å². The molecule has 0 aliphatic heterocycles. The second-order valence-corrected chi connectivity index (χ2v) is 3.26. The van der Waals surface area contributed by atoms with Crippen LogP contribution in [0.15, 0.2) is 11.8 Å². The van der Waals surface area contributed by atoms with Gasteiger partial charge in [0, 0.05) is 11.8 Å². The largest absolute Gasteiger partial charge is 0.479 e. The molecule has 0 atom stereocenters. The van der Waals surface area contributed by atoms with Crippen molar-refractivity contribution >= 4 is 11.9 Å². The van der Waals surface area contributed by atoms with Crippen molar-refractivity contribution in [3.63, 3.8) is 0 Å². The molecule has 1 rings (SSSR count). The van der Waals surface area contributed by atoms with E-state index in [1.165, 1.54) is 6.20 Å². The number of nitrogens with one attached hydrogen (secondary N) is 1. The fourth-order valence-electron chi connectivity index (χ4n) is 1.06. The standard InChI is InChI=1S/C9H10N2O4/c10-3-6(5-1-2-5)4-11-7(8(12)13)9(14)15/h4-5,7,11H,1-2H2,(H,12,13)(H,14,15). The average molecular weight is 210 g/mol. The van der Waals surface area contributed by atoms with Gasteiger partial charge in [-0.1, -0.05) is 0 Å². The highest BCUT2D eigenvalue weighted by atomic mass is 16.4. The lowest BCUT2D eigenvalue weighted by molar-refractivity contribution is -0.150. The molecule has 1 aliphatic carbocycles. The number of nitrogens with zero attached hydrogens (tertiary/aromatic N) is 1. The summed E-state index contributed by atoms with van der Waals surface area (Å²) in [6, 6.07) is 0.208. The molecule has 80 valence electrons. The highest BCUT2D eigenvalue weighted by Crippen LogP contribution is 2.35. The number of carboxylic acids is 2. The molecule has 6 nitrogen and oxygen atoms in total. The van der Waals surface area contributed by atoms with Crippen LogP contribution in [0.25, 0.3) is 0 Å². The van der Waals surface area contributed by atoms with Crippen molar-refractivity contribution in [3.8, 4) is 6.07 Å². The van der Waals surface area contributed by atoms with Crippen molar-refractivity contribution in [3.05, 3.63) is 11.8 Å². The molecular formula is C9H10N2O4. The Morgan fingerprint density at radius 3 is 2.27 bits per heavy atom. The molecule has 15 heavy (non-hydrogen) atoms. The predicted octanol–water partition coefficient (Wildman–Crippen LogP) is -0.0687. The number of hydrogen-bond donors (Lipinski definition) is 3. The third kappa shape index (κ3) is 2.98. The van der Waals surface area contributed by atoms with E-state index < -0.39 is 18.0 Å². The Hall–Kier alpha value is -2.03. The Morgan fingerprint density at radius 2 is 1.93 bits per heavy atom. The van der Waals surface area contributed by atoms with Gasteiger partial charge in [-0.15, -0.1) is 0 Å². The molecule has 0 saturated heterocycles. The molecule has 0 spiro atoms. The summed E-state index contributed by atoms with van der Waals surface area (Å²) < 4.78 is 0. The molecule has 0 aromatic carbocycles. The van der Waals surface area contributed by atoms with Crippen LogP contribution in [0.3, 0.4) is 0 Å². The summed E-state index contributed by atoms with van der Waals surface area (Å²) in [7, 11) is 0. The summed E-state index contributed by atoms with van der Waals surface area (Å²) >= 11 is 0. The van der Waals surface area contributed by atoms with Gasteiger partial charge in [-0.3, -0.25) is 0 Å². The van der Waals surface area contributed by atoms with Crippen LogP contribution < -0.4 is 5.32 Å². The maximum atomic E-state index is 10.5. The van der Waals surface area contributed by atoms with Gasteiger partial charge in [0.1, 0.15) is 0 Å². The maximum absolute atomic E-state index is 10.5. The topological polar surface area (TPSA) is 110 Å². The highest BCUT2D eigenvalue weighted by Gasteiger charge is 2.28. The Balaban J connectivity index is 2.63. The van der Waals surface area contributed by atoms with Crippen LogP contribution in [0.4, 0.5) is 0 Å². The molecule has 1 saturated carbocycles. The Bertz CT molecular complexity index is 338. The highest BCUT2D eigenvalue weighted by molar-refractivity contribution is 5.97. The van der Waals surface area contributed by atoms with Crippen molar-refractivity contribution < 1.29 is 19.8 Å². The Labute approximate surface area is 85.8 Å². The molecule has 6 heteroatoms. The number of nitriles is 1. The van der Waals surface area contributed by atoms with Crippen LogP contribution in [-0.4, -0.2) is 28.2 Å². The fourth-order valence-corrected chi connectivity index (χ4v) is 1.06. The smallest absolute Gasteiger partial charge is 0.337 e. The van der Waals surface area contributed by atoms with E-state index in [2.05, 4.69) is 5.32 Å². The number of aliphatic carboxylic acids is 2. The zero-order valence-electron chi connectivity index (χ0n) is 7.80. The van der Waals surface area contributed by atoms with E-state index in [1.54, 1.807) is 0 Å². The molecule has 0 radical (unpaired) electrons. The number of hydrogen-bond acceptors (Lipinski definition) is 4. The van der Waals surface area contributed by atoms with Crippen LogP contribution in [0.5, 0.6) is 0 Å². The maximum Gasteiger partial charge on any atom is 0.337 e. The third-order valence-corrected chi connectivity index (χ3v) is 2.05. The molecule has 0 heterocycles. The van der Waals surface area contributed by atoms with Crippen LogP contribution in [0.2, 0.25) is 0 Å². The third-order valence-electron chi connectivity index (χ3n) is 2.05. The Kier molecular flexibility index (Phi) is 3.29. The zero-order chi connectivity index (χ0) is 11.4. The van der Waals surface area contributed by atoms with Gasteiger partial charge in [0.05, 0.1) is 6.07 Å². The summed E-state index contributed by atoms with van der Waals surface area (Å²) in [6.07, 6.45) is 2.97. The van der Waals surface area contributed by atoms with Gasteiger partial charge in [0.15, 0.2) is 0 Å². The number of rotatable bonds is 5. The Morgan fingerprint density at radius 1 is 1.40 bits per heavy atom. The van der Waals surface area contributed by atoms with E-state index in [-0.39, 0.29) is 5.92 Å². The van der Waals surface area contributed by atoms with Gasteiger partial charge in [-0.25, -0.2) is 9.59 Å². The summed E-state index contributed by atoms with van der Waals surface area (Å²) in [5, 5.41) is 27.9. The summed E-state index contributed by atoms with van der Waals surface area (Å²) in [5.41, 5.74) is 0.405. The first kappa shape index (κ1) is 11.0. The minimum absolute atomic E-state index is 0.158. The lowest BCUT2D eigenvalue weighted by Gasteiger charge is -2.07. The van der Waals surface area contributed by atoms with Crippen LogP contribution >= 0.6 is 0 Å². The first-order valence-corrected chi connectivity index (χ1v) is 4.38. The lowest BCUT2D eigenvalue weighted by atomic mass is 10.2. The van der Waals surface area contributed by atoms with E-state index in [0.29, 0.717) is 5.57 Å². The second-order valence-electron chi connectivity index (χ2n) is 3.26. The van der Waals surface area contributed by atoms with Gasteiger partial charge in [-0.2, -0.15) is 5.26 Å². The minimum Gasteiger partial charge on any atom is -0.479 e. The molecule has 0 amide bonds. The van der Waals surface area contributed by atoms with Gasteiger partial charge in [0.2, 0.25) is 6.04 Å². The van der Waals surface area contributed by atoms with Crippen molar-refractivity contribution in [2.75, 3.05) is 0 Å². The van der Waals surface area contributed by atoms with Gasteiger partial charge in [0.25, 0.3) is 0 Å². The van der Waals surface area contributed by atoms with E-state index in [9.17, 15) is 9.59 Å². The van der Waals surface area contributed by atoms with Crippen molar-refractivity contribution in [2.24, 2.45) is 5.92 Å². The van der Waals surface area contributed by atoms with Crippen molar-refractivity contribution in [1.29, 1.82) is 5.26 Å². The van der Waals surface area contributed by atoms with Crippen LogP contribution in [-0.2, 0) is 9.59 Å². The summed E-state index contributed by atoms with van der Waals surface area (Å²) in [5.74, 6) is -2.80. The number of carboxylic acid groups (broad SMARTS) is 2. The van der Waals surface area contributed by atoms with Crippen molar-refractivity contribution in [2.45, 2.75) is 18.9 Å². The van der Waals surface area contributed by atoms with Gasteiger partial charge >= 0.3 is 11.9 Å². The van der Waals surface area contributed by atoms with Crippen LogP contribution in [0, 0.1) is 17.2 Å². The summed E-state index contributed by atoms with van der Waals surface area (Å²) in [6.45, 7) is 0. The number of allylic oxidation sites excluding steroid dienone is 1. The normalized spacial score (nSPS) is 15.9. The monoisotopic (exact) mass is 210 g/mol. The molecule has 1 fully saturated rings.